The topological polar surface area (TPSA) is 160 Å². The lowest BCUT2D eigenvalue weighted by atomic mass is 9.99. The summed E-state index contributed by atoms with van der Waals surface area (Å²) in [5, 5.41) is 6.99. The molecule has 196 valence electrons. The molecule has 2 atom stereocenters. The molecule has 0 spiro atoms. The van der Waals surface area contributed by atoms with E-state index in [1.54, 1.807) is 37.3 Å². The first-order chi connectivity index (χ1) is 17.5. The average molecular weight is 532 g/mol. The number of nitrogens with one attached hydrogen (secondary N) is 1. The van der Waals surface area contributed by atoms with Crippen LogP contribution in [-0.4, -0.2) is 52.6 Å². The molecule has 0 aliphatic heterocycles. The van der Waals surface area contributed by atoms with Crippen LogP contribution in [0.1, 0.15) is 25.4 Å². The van der Waals surface area contributed by atoms with E-state index in [9.17, 15) is 12.8 Å². The number of aromatic nitrogens is 5. The number of hydrogen-bond acceptors (Lipinski definition) is 10. The number of nitrogens with zero attached hydrogens (tertiary/aromatic N) is 5. The zero-order chi connectivity index (χ0) is 27.0. The highest BCUT2D eigenvalue weighted by atomic mass is 32.2. The maximum Gasteiger partial charge on any atom is 0.243 e. The van der Waals surface area contributed by atoms with Crippen LogP contribution in [0.3, 0.4) is 0 Å². The lowest BCUT2D eigenvalue weighted by Gasteiger charge is -2.29. The predicted octanol–water partition coefficient (Wildman–Crippen LogP) is 2.79. The summed E-state index contributed by atoms with van der Waals surface area (Å²) in [6.45, 7) is 4.59. The fourth-order valence-corrected chi connectivity index (χ4v) is 4.95. The quantitative estimate of drug-likeness (QED) is 0.329. The third kappa shape index (κ3) is 4.84. The fraction of sp³-hybridized carbons (Fsp3) is 0.304. The third-order valence-electron chi connectivity index (χ3n) is 5.89. The number of halogens is 1. The number of sulfonamides is 1. The molecule has 37 heavy (non-hydrogen) atoms. The number of furan rings is 1. The van der Waals surface area contributed by atoms with Crippen molar-refractivity contribution in [3.05, 3.63) is 60.1 Å². The number of ether oxygens (including phenoxy) is 2. The van der Waals surface area contributed by atoms with Crippen molar-refractivity contribution in [1.82, 2.24) is 24.7 Å². The third-order valence-corrected chi connectivity index (χ3v) is 7.78. The SMILES string of the molecule is COc1cccc(OC)c1-n1c(NS(=O)(=O)[C@H](C)[C@](C)(N)c2ncc(F)cn2)nnc1-c1ccc(C)o1. The van der Waals surface area contributed by atoms with Crippen LogP contribution in [0.4, 0.5) is 10.3 Å². The molecule has 0 aliphatic rings. The van der Waals surface area contributed by atoms with Crippen molar-refractivity contribution in [3.63, 3.8) is 0 Å². The predicted molar refractivity (Wildman–Crippen MR) is 132 cm³/mol. The summed E-state index contributed by atoms with van der Waals surface area (Å²) in [6.07, 6.45) is 1.84. The first kappa shape index (κ1) is 26.0. The van der Waals surface area contributed by atoms with Gasteiger partial charge in [-0.3, -0.25) is 9.29 Å². The lowest BCUT2D eigenvalue weighted by Crippen LogP contribution is -2.50. The molecule has 0 radical (unpaired) electrons. The molecule has 4 rings (SSSR count). The van der Waals surface area contributed by atoms with Gasteiger partial charge >= 0.3 is 0 Å². The molecule has 0 amide bonds. The van der Waals surface area contributed by atoms with E-state index in [0.717, 1.165) is 12.4 Å². The number of aryl methyl sites for hydroxylation is 1. The molecule has 12 nitrogen and oxygen atoms in total. The van der Waals surface area contributed by atoms with Crippen molar-refractivity contribution < 1.29 is 26.7 Å². The number of benzene rings is 1. The molecule has 0 aliphatic carbocycles. The minimum Gasteiger partial charge on any atom is -0.494 e. The lowest BCUT2D eigenvalue weighted by molar-refractivity contribution is 0.391. The van der Waals surface area contributed by atoms with E-state index in [1.807, 2.05) is 0 Å². The summed E-state index contributed by atoms with van der Waals surface area (Å²) in [6, 6.07) is 8.50. The van der Waals surface area contributed by atoms with Gasteiger partial charge in [0, 0.05) is 0 Å². The second-order valence-corrected chi connectivity index (χ2v) is 10.4. The van der Waals surface area contributed by atoms with Crippen molar-refractivity contribution in [2.45, 2.75) is 31.6 Å². The van der Waals surface area contributed by atoms with Crippen LogP contribution in [0.25, 0.3) is 17.3 Å². The van der Waals surface area contributed by atoms with Gasteiger partial charge in [0.05, 0.1) is 32.2 Å². The Bertz CT molecular complexity index is 1490. The Labute approximate surface area is 212 Å². The van der Waals surface area contributed by atoms with E-state index >= 15 is 0 Å². The van der Waals surface area contributed by atoms with Gasteiger partial charge in [-0.2, -0.15) is 0 Å². The van der Waals surface area contributed by atoms with E-state index in [0.29, 0.717) is 28.7 Å². The van der Waals surface area contributed by atoms with Crippen molar-refractivity contribution in [1.29, 1.82) is 0 Å². The standard InChI is InChI=1S/C23H26FN7O5S/c1-13-9-10-18(36-13)20-28-29-22(31(20)19-16(34-4)7-6-8-17(19)35-5)30-37(32,33)14(2)23(3,25)21-26-11-15(24)12-27-21/h6-12,14H,25H2,1-5H3,(H,29,30)/t14-,23+/m1/s1. The Hall–Kier alpha value is -4.04. The summed E-state index contributed by atoms with van der Waals surface area (Å²) in [5.41, 5.74) is 5.09. The minimum absolute atomic E-state index is 0.0496. The second kappa shape index (κ2) is 9.78. The number of para-hydroxylation sites is 1. The maximum atomic E-state index is 13.5. The molecule has 0 unspecified atom stereocenters. The summed E-state index contributed by atoms with van der Waals surface area (Å²) in [7, 11) is -1.31. The fourth-order valence-electron chi connectivity index (χ4n) is 3.64. The Morgan fingerprint density at radius 3 is 2.27 bits per heavy atom. The zero-order valence-electron chi connectivity index (χ0n) is 20.8. The number of methoxy groups -OCH3 is 2. The summed E-state index contributed by atoms with van der Waals surface area (Å²) < 4.78 is 61.1. The van der Waals surface area contributed by atoms with Gasteiger partial charge in [-0.1, -0.05) is 6.07 Å². The Kier molecular flexibility index (Phi) is 6.88. The number of rotatable bonds is 9. The molecule has 0 fully saturated rings. The van der Waals surface area contributed by atoms with Gasteiger partial charge in [0.25, 0.3) is 0 Å². The Morgan fingerprint density at radius 1 is 1.11 bits per heavy atom. The Balaban J connectivity index is 1.84. The van der Waals surface area contributed by atoms with E-state index in [4.69, 9.17) is 19.6 Å². The van der Waals surface area contributed by atoms with Crippen molar-refractivity contribution in [2.24, 2.45) is 5.73 Å². The number of nitrogens with two attached hydrogens (primary N) is 1. The Morgan fingerprint density at radius 2 is 1.73 bits per heavy atom. The minimum atomic E-state index is -4.25. The van der Waals surface area contributed by atoms with Gasteiger partial charge < -0.3 is 19.6 Å². The highest BCUT2D eigenvalue weighted by Gasteiger charge is 2.41. The zero-order valence-corrected chi connectivity index (χ0v) is 21.6. The van der Waals surface area contributed by atoms with Crippen LogP contribution < -0.4 is 19.9 Å². The molecule has 0 saturated heterocycles. The summed E-state index contributed by atoms with van der Waals surface area (Å²) in [5.74, 6) is 0.971. The van der Waals surface area contributed by atoms with Crippen LogP contribution in [0.2, 0.25) is 0 Å². The van der Waals surface area contributed by atoms with Crippen molar-refractivity contribution in [2.75, 3.05) is 18.9 Å². The molecular weight excluding hydrogens is 505 g/mol. The first-order valence-corrected chi connectivity index (χ1v) is 12.6. The molecule has 4 aromatic rings. The second-order valence-electron chi connectivity index (χ2n) is 8.40. The van der Waals surface area contributed by atoms with Gasteiger partial charge in [-0.25, -0.2) is 22.8 Å². The van der Waals surface area contributed by atoms with Gasteiger partial charge in [0.1, 0.15) is 34.0 Å². The molecule has 3 aromatic heterocycles. The van der Waals surface area contributed by atoms with E-state index in [1.165, 1.54) is 32.6 Å². The van der Waals surface area contributed by atoms with Gasteiger partial charge in [0.2, 0.25) is 21.8 Å². The van der Waals surface area contributed by atoms with Crippen LogP contribution >= 0.6 is 0 Å². The van der Waals surface area contributed by atoms with Gasteiger partial charge in [-0.05, 0) is 45.0 Å². The molecule has 3 heterocycles. The molecule has 0 saturated carbocycles. The molecule has 0 bridgehead atoms. The van der Waals surface area contributed by atoms with Crippen LogP contribution in [0, 0.1) is 12.7 Å². The van der Waals surface area contributed by atoms with Gasteiger partial charge in [-0.15, -0.1) is 10.2 Å². The van der Waals surface area contributed by atoms with E-state index in [2.05, 4.69) is 24.9 Å². The van der Waals surface area contributed by atoms with E-state index < -0.39 is 26.6 Å². The van der Waals surface area contributed by atoms with E-state index in [-0.39, 0.29) is 17.6 Å². The monoisotopic (exact) mass is 531 g/mol. The maximum absolute atomic E-state index is 13.5. The van der Waals surface area contributed by atoms with Crippen LogP contribution in [0.15, 0.2) is 47.1 Å². The summed E-state index contributed by atoms with van der Waals surface area (Å²) in [4.78, 5) is 7.73. The smallest absolute Gasteiger partial charge is 0.243 e. The van der Waals surface area contributed by atoms with Crippen molar-refractivity contribution >= 4 is 16.0 Å². The molecule has 1 aromatic carbocycles. The molecular formula is C23H26FN7O5S. The highest BCUT2D eigenvalue weighted by molar-refractivity contribution is 7.93. The molecule has 14 heteroatoms. The first-order valence-electron chi connectivity index (χ1n) is 11.0. The van der Waals surface area contributed by atoms with Crippen LogP contribution in [0.5, 0.6) is 11.5 Å². The highest BCUT2D eigenvalue weighted by Crippen LogP contribution is 2.38. The van der Waals surface area contributed by atoms with Crippen LogP contribution in [-0.2, 0) is 15.6 Å². The number of hydrogen-bond donors (Lipinski definition) is 2. The largest absolute Gasteiger partial charge is 0.494 e. The normalized spacial score (nSPS) is 14.1. The molecule has 3 N–H and O–H groups in total. The average Bonchev–Trinajstić information content (AvgIpc) is 3.48. The van der Waals surface area contributed by atoms with Gasteiger partial charge in [0.15, 0.2) is 11.6 Å². The summed E-state index contributed by atoms with van der Waals surface area (Å²) >= 11 is 0. The number of anilines is 1. The van der Waals surface area contributed by atoms with Crippen molar-refractivity contribution in [3.8, 4) is 28.8 Å².